The molecule has 0 saturated carbocycles. The van der Waals surface area contributed by atoms with Crippen LogP contribution in [-0.2, 0) is 102 Å². The number of nitrogens with one attached hydrogen (secondary N) is 3. The molecule has 30 atom stereocenters. The molecule has 6 rings (SSSR count). The Kier molecular flexibility index (Phi) is 23.0. The molecule has 21 N–H and O–H groups in total. The number of hydrogen-bond acceptors (Lipinski definition) is 33. The number of carboxylic acids is 3. The largest absolute Gasteiger partial charge is 0.479 e. The molecule has 18 unspecified atom stereocenters. The van der Waals surface area contributed by atoms with Crippen LogP contribution in [0.1, 0.15) is 6.92 Å². The molecule has 0 aromatic heterocycles. The highest BCUT2D eigenvalue weighted by Crippen LogP contribution is 2.38. The summed E-state index contributed by atoms with van der Waals surface area (Å²) in [5, 5.41) is 161. The van der Waals surface area contributed by atoms with Gasteiger partial charge < -0.3 is 133 Å². The highest BCUT2D eigenvalue weighted by atomic mass is 32.2. The smallest absolute Gasteiger partial charge is 0.335 e. The van der Waals surface area contributed by atoms with Crippen LogP contribution in [0.2, 0.25) is 0 Å². The van der Waals surface area contributed by atoms with Crippen molar-refractivity contribution in [2.45, 2.75) is 185 Å². The molecule has 6 heterocycles. The number of ether oxygens (including phenoxy) is 12. The molecule has 0 aliphatic carbocycles. The number of aliphatic hydroxyl groups excluding tert-OH is 12. The lowest BCUT2D eigenvalue weighted by atomic mass is 9.90. The summed E-state index contributed by atoms with van der Waals surface area (Å²) in [5.74, 6) is -7.16. The molecule has 0 amide bonds. The standard InChI is InChI=1S/C38H63N3O39S3/c1-6-13(45)19(51)36(73-22(6)30(54)55)74-24-8(4-43)71-34(11(15(24)47)40-82(63,64)65)77-27-18(50)21(53)38(80-29(27)32(58)59)76-25-9(5-44)72-35(12(16(25)48)41-83(66,67)68)78-26-17(49)20(52)37(79-28(26)31(56)57)75-23-7(3-42)70-33(69-2)10(14(23)46)39-81(60,61)62/h6-29,33-53H,3-5H2,1-2H3,(H,54,55)(H,56,57)(H,58,59)(H,60,61,62)(H,63,64,65)(H,66,67,68)/t6-,7?,8?,9?,10?,11?,12?,13?,14?,15?,16?,17?,18?,19?,20?,21?,22?,23+,24+,25+,26-,27-,28?,29?,33-,34+,35+,36-,37+,38+/m0/s1. The van der Waals surface area contributed by atoms with Gasteiger partial charge in [-0.2, -0.15) is 39.4 Å². The van der Waals surface area contributed by atoms with Gasteiger partial charge in [0.1, 0.15) is 116 Å². The quantitative estimate of drug-likeness (QED) is 0.0422. The van der Waals surface area contributed by atoms with Crippen LogP contribution in [0.4, 0.5) is 0 Å². The minimum Gasteiger partial charge on any atom is -0.479 e. The van der Waals surface area contributed by atoms with Crippen LogP contribution < -0.4 is 14.2 Å². The first-order valence-electron chi connectivity index (χ1n) is 24.1. The van der Waals surface area contributed by atoms with Gasteiger partial charge in [-0.25, -0.2) is 14.4 Å². The average Bonchev–Trinajstić information content (AvgIpc) is 3.39. The van der Waals surface area contributed by atoms with Gasteiger partial charge in [-0.1, -0.05) is 6.92 Å². The first-order chi connectivity index (χ1) is 38.5. The predicted molar refractivity (Wildman–Crippen MR) is 246 cm³/mol. The summed E-state index contributed by atoms with van der Waals surface area (Å²) in [7, 11) is -15.3. The Balaban J connectivity index is 1.21. The molecule has 0 bridgehead atoms. The van der Waals surface area contributed by atoms with E-state index in [9.17, 15) is 130 Å². The minimum atomic E-state index is -5.60. The van der Waals surface area contributed by atoms with Gasteiger partial charge in [0, 0.05) is 13.0 Å². The normalized spacial score (nSPS) is 45.8. The summed E-state index contributed by atoms with van der Waals surface area (Å²) in [6.07, 6.45) is -60.3. The van der Waals surface area contributed by atoms with E-state index in [2.05, 4.69) is 0 Å². The van der Waals surface area contributed by atoms with Gasteiger partial charge in [-0.05, 0) is 0 Å². The van der Waals surface area contributed by atoms with Crippen molar-refractivity contribution < 1.29 is 187 Å². The third kappa shape index (κ3) is 15.9. The van der Waals surface area contributed by atoms with Crippen molar-refractivity contribution >= 4 is 48.8 Å². The molecule has 45 heteroatoms. The maximum atomic E-state index is 12.8. The zero-order chi connectivity index (χ0) is 62.3. The van der Waals surface area contributed by atoms with E-state index in [1.807, 2.05) is 0 Å². The highest BCUT2D eigenvalue weighted by molar-refractivity contribution is 7.84. The summed E-state index contributed by atoms with van der Waals surface area (Å²) in [4.78, 5) is 37.2. The van der Waals surface area contributed by atoms with Crippen LogP contribution in [0.5, 0.6) is 0 Å². The Morgan fingerprint density at radius 3 is 0.928 bits per heavy atom. The van der Waals surface area contributed by atoms with Crippen molar-refractivity contribution in [3.8, 4) is 0 Å². The summed E-state index contributed by atoms with van der Waals surface area (Å²) < 4.78 is 170. The van der Waals surface area contributed by atoms with E-state index in [4.69, 9.17) is 56.8 Å². The zero-order valence-corrected chi connectivity index (χ0v) is 44.7. The predicted octanol–water partition coefficient (Wildman–Crippen LogP) is -13.7. The second-order valence-corrected chi connectivity index (χ2v) is 22.9. The van der Waals surface area contributed by atoms with Gasteiger partial charge >= 0.3 is 48.8 Å². The Bertz CT molecular complexity index is 2560. The fourth-order valence-electron chi connectivity index (χ4n) is 9.80. The maximum absolute atomic E-state index is 12.8. The van der Waals surface area contributed by atoms with Crippen LogP contribution in [0.15, 0.2) is 0 Å². The molecule has 6 aliphatic rings. The maximum Gasteiger partial charge on any atom is 0.335 e. The van der Waals surface area contributed by atoms with E-state index in [1.54, 1.807) is 4.72 Å². The highest BCUT2D eigenvalue weighted by Gasteiger charge is 2.60. The van der Waals surface area contributed by atoms with Gasteiger partial charge in [-0.3, -0.25) is 13.7 Å². The Morgan fingerprint density at radius 1 is 0.386 bits per heavy atom. The van der Waals surface area contributed by atoms with E-state index in [-0.39, 0.29) is 0 Å². The molecule has 42 nitrogen and oxygen atoms in total. The van der Waals surface area contributed by atoms with Gasteiger partial charge in [0.2, 0.25) is 0 Å². The average molecular weight is 1280 g/mol. The van der Waals surface area contributed by atoms with Crippen LogP contribution in [0.25, 0.3) is 0 Å². The molecule has 0 aromatic carbocycles. The molecule has 0 aromatic rings. The second-order valence-electron chi connectivity index (χ2n) is 19.3. The zero-order valence-electron chi connectivity index (χ0n) is 42.3. The fourth-order valence-corrected chi connectivity index (χ4v) is 11.6. The molecule has 0 spiro atoms. The number of methoxy groups -OCH3 is 1. The van der Waals surface area contributed by atoms with Crippen molar-refractivity contribution in [2.24, 2.45) is 5.92 Å². The molecule has 6 saturated heterocycles. The molecular formula is C38H63N3O39S3. The van der Waals surface area contributed by atoms with Crippen molar-refractivity contribution in [3.05, 3.63) is 0 Å². The van der Waals surface area contributed by atoms with Crippen molar-refractivity contribution in [1.29, 1.82) is 0 Å². The monoisotopic (exact) mass is 1280 g/mol. The number of rotatable bonds is 23. The van der Waals surface area contributed by atoms with Crippen LogP contribution >= 0.6 is 0 Å². The number of hydrogen-bond donors (Lipinski definition) is 21. The first-order valence-corrected chi connectivity index (χ1v) is 28.4. The molecule has 6 fully saturated rings. The molecule has 6 aliphatic heterocycles. The summed E-state index contributed by atoms with van der Waals surface area (Å²) in [5.41, 5.74) is 0. The summed E-state index contributed by atoms with van der Waals surface area (Å²) in [6, 6.07) is -6.91. The van der Waals surface area contributed by atoms with E-state index in [0.717, 1.165) is 7.11 Å². The fraction of sp³-hybridized carbons (Fsp3) is 0.921. The Morgan fingerprint density at radius 2 is 0.651 bits per heavy atom. The van der Waals surface area contributed by atoms with E-state index >= 15 is 0 Å². The van der Waals surface area contributed by atoms with Gasteiger partial charge in [0.15, 0.2) is 56.1 Å². The Hall–Kier alpha value is -2.94. The lowest BCUT2D eigenvalue weighted by Gasteiger charge is -2.50. The SMILES string of the molecule is CO[C@H]1OC(CO)[C@@H](O[C@@H]2OC(C(=O)O)[C@@H](O[C@H]3OC(CO)[C@@H](O[C@@H]4OC(C(=O)O)[C@@H](O[C@H]5OC(CO)[C@@H](O[C@@H]6OC(C(=O)O)[C@@H](C)C(O)C6O)C(O)C5NS(=O)(=O)O)C(O)C4O)C(O)C3NS(=O)(=O)O)C(O)C2O)C(O)C1NS(=O)(=O)O. The van der Waals surface area contributed by atoms with Crippen LogP contribution in [-0.4, -0.2) is 338 Å². The first kappa shape index (κ1) is 69.2. The van der Waals surface area contributed by atoms with Crippen LogP contribution in [0.3, 0.4) is 0 Å². The van der Waals surface area contributed by atoms with Crippen molar-refractivity contribution in [2.75, 3.05) is 26.9 Å². The second kappa shape index (κ2) is 27.6. The number of carboxylic acid groups (broad SMARTS) is 3. The number of aliphatic hydroxyl groups is 12. The molecule has 83 heavy (non-hydrogen) atoms. The van der Waals surface area contributed by atoms with E-state index < -0.39 is 253 Å². The minimum absolute atomic E-state index is 0.960. The third-order valence-corrected chi connectivity index (χ3v) is 15.6. The summed E-state index contributed by atoms with van der Waals surface area (Å²) >= 11 is 0. The third-order valence-electron chi connectivity index (χ3n) is 13.8. The van der Waals surface area contributed by atoms with Gasteiger partial charge in [0.05, 0.1) is 25.9 Å². The molecular weight excluding hydrogens is 1220 g/mol. The van der Waals surface area contributed by atoms with Crippen molar-refractivity contribution in [3.63, 3.8) is 0 Å². The summed E-state index contributed by atoms with van der Waals surface area (Å²) in [6.45, 7) is -2.52. The van der Waals surface area contributed by atoms with E-state index in [0.29, 0.717) is 0 Å². The van der Waals surface area contributed by atoms with Crippen LogP contribution in [0, 0.1) is 5.92 Å². The number of aliphatic carboxylic acids is 3. The number of carbonyl (C=O) groups is 3. The lowest BCUT2D eigenvalue weighted by molar-refractivity contribution is -0.378. The van der Waals surface area contributed by atoms with E-state index in [1.165, 1.54) is 16.4 Å². The lowest BCUT2D eigenvalue weighted by Crippen LogP contribution is -2.71. The molecule has 0 radical (unpaired) electrons. The topological polar surface area (TPSA) is 665 Å². The van der Waals surface area contributed by atoms with Gasteiger partial charge in [-0.15, -0.1) is 0 Å². The van der Waals surface area contributed by atoms with Crippen molar-refractivity contribution in [1.82, 2.24) is 14.2 Å². The van der Waals surface area contributed by atoms with Gasteiger partial charge in [0.25, 0.3) is 0 Å². The Labute approximate surface area is 466 Å². The molecule has 482 valence electrons.